The molecule has 5 rings (SSSR count). The zero-order chi connectivity index (χ0) is 21.8. The molecule has 10 heteroatoms. The molecular weight excluding hydrogens is 422 g/mol. The molecule has 0 radical (unpaired) electrons. The first-order chi connectivity index (χ1) is 15.0. The molecule has 166 valence electrons. The predicted octanol–water partition coefficient (Wildman–Crippen LogP) is 1.02. The molecule has 9 nitrogen and oxygen atoms in total. The molecule has 1 aromatic rings. The minimum Gasteiger partial charge on any atom is -0.486 e. The summed E-state index contributed by atoms with van der Waals surface area (Å²) in [6.45, 7) is 4.38. The van der Waals surface area contributed by atoms with E-state index < -0.39 is 10.0 Å². The van der Waals surface area contributed by atoms with E-state index in [1.165, 1.54) is 4.31 Å². The Bertz CT molecular complexity index is 1010. The average molecular weight is 448 g/mol. The van der Waals surface area contributed by atoms with Gasteiger partial charge in [0, 0.05) is 50.1 Å². The Morgan fingerprint density at radius 3 is 2.55 bits per heavy atom. The molecule has 1 saturated heterocycles. The third kappa shape index (κ3) is 4.26. The van der Waals surface area contributed by atoms with Crippen molar-refractivity contribution in [3.63, 3.8) is 0 Å². The standard InChI is InChI=1S/C20H23N3O4S.CH2O2/c24-28(25,17-3-4-19-20(14-17)27-12-11-26-19)23-8-5-15-1-2-16(13-18(15)23)22-9-6-21-7-10-22;2-1-3/h1-5,8,13-15,18,21H,6-7,9-12H2;1H,(H,2,3). The highest BCUT2D eigenvalue weighted by Gasteiger charge is 2.37. The number of nitrogens with zero attached hydrogens (tertiary/aromatic N) is 2. The van der Waals surface area contributed by atoms with E-state index in [-0.39, 0.29) is 23.3 Å². The summed E-state index contributed by atoms with van der Waals surface area (Å²) in [5.74, 6) is 1.12. The van der Waals surface area contributed by atoms with Gasteiger partial charge in [-0.1, -0.05) is 12.2 Å². The molecule has 1 aliphatic carbocycles. The number of nitrogens with one attached hydrogen (secondary N) is 1. The van der Waals surface area contributed by atoms with Crippen LogP contribution in [0.25, 0.3) is 0 Å². The second kappa shape index (κ2) is 9.03. The summed E-state index contributed by atoms with van der Waals surface area (Å²) in [6.07, 6.45) is 9.91. The van der Waals surface area contributed by atoms with Crippen LogP contribution in [0.5, 0.6) is 11.5 Å². The maximum absolute atomic E-state index is 13.4. The Morgan fingerprint density at radius 1 is 1.10 bits per heavy atom. The molecule has 0 bridgehead atoms. The Kier molecular flexibility index (Phi) is 6.19. The van der Waals surface area contributed by atoms with Crippen LogP contribution in [0, 0.1) is 5.92 Å². The van der Waals surface area contributed by atoms with Gasteiger partial charge in [-0.05, 0) is 24.3 Å². The summed E-state index contributed by atoms with van der Waals surface area (Å²) in [7, 11) is -3.70. The number of rotatable bonds is 3. The Morgan fingerprint density at radius 2 is 1.81 bits per heavy atom. The van der Waals surface area contributed by atoms with Crippen molar-refractivity contribution in [2.75, 3.05) is 39.4 Å². The van der Waals surface area contributed by atoms with Gasteiger partial charge in [0.2, 0.25) is 0 Å². The number of allylic oxidation sites excluding steroid dienone is 1. The van der Waals surface area contributed by atoms with Gasteiger partial charge in [-0.2, -0.15) is 0 Å². The molecule has 2 atom stereocenters. The Balaban J connectivity index is 0.000000730. The van der Waals surface area contributed by atoms with Crippen molar-refractivity contribution in [2.24, 2.45) is 5.92 Å². The first-order valence-corrected chi connectivity index (χ1v) is 11.5. The molecule has 0 saturated carbocycles. The minimum absolute atomic E-state index is 0.0543. The van der Waals surface area contributed by atoms with Crippen molar-refractivity contribution in [1.29, 1.82) is 0 Å². The fraction of sp³-hybridized carbons (Fsp3) is 0.381. The number of sulfonamides is 1. The number of benzene rings is 1. The van der Waals surface area contributed by atoms with Gasteiger partial charge in [0.1, 0.15) is 13.2 Å². The van der Waals surface area contributed by atoms with Crippen molar-refractivity contribution in [3.05, 3.63) is 54.4 Å². The summed E-state index contributed by atoms with van der Waals surface area (Å²) in [6, 6.07) is 4.57. The van der Waals surface area contributed by atoms with Gasteiger partial charge < -0.3 is 24.8 Å². The van der Waals surface area contributed by atoms with Crippen LogP contribution in [0.1, 0.15) is 0 Å². The van der Waals surface area contributed by atoms with E-state index in [1.54, 1.807) is 24.4 Å². The van der Waals surface area contributed by atoms with Gasteiger partial charge in [0.15, 0.2) is 11.5 Å². The normalized spacial score (nSPS) is 24.1. The summed E-state index contributed by atoms with van der Waals surface area (Å²) < 4.78 is 39.3. The topological polar surface area (TPSA) is 108 Å². The number of carboxylic acid groups (broad SMARTS) is 1. The van der Waals surface area contributed by atoms with E-state index in [4.69, 9.17) is 19.4 Å². The van der Waals surface area contributed by atoms with Crippen molar-refractivity contribution < 1.29 is 27.8 Å². The van der Waals surface area contributed by atoms with Crippen molar-refractivity contribution in [2.45, 2.75) is 10.9 Å². The predicted molar refractivity (Wildman–Crippen MR) is 113 cm³/mol. The van der Waals surface area contributed by atoms with Crippen LogP contribution in [0.4, 0.5) is 0 Å². The summed E-state index contributed by atoms with van der Waals surface area (Å²) >= 11 is 0. The van der Waals surface area contributed by atoms with Crippen molar-refractivity contribution in [1.82, 2.24) is 14.5 Å². The Labute approximate surface area is 181 Å². The van der Waals surface area contributed by atoms with E-state index in [1.807, 2.05) is 6.08 Å². The number of hydrogen-bond donors (Lipinski definition) is 2. The van der Waals surface area contributed by atoms with Gasteiger partial charge in [0.05, 0.1) is 10.9 Å². The second-order valence-electron chi connectivity index (χ2n) is 7.34. The lowest BCUT2D eigenvalue weighted by Gasteiger charge is -2.35. The quantitative estimate of drug-likeness (QED) is 0.662. The van der Waals surface area contributed by atoms with Gasteiger partial charge in [0.25, 0.3) is 16.5 Å². The smallest absolute Gasteiger partial charge is 0.290 e. The van der Waals surface area contributed by atoms with Crippen LogP contribution in [0.3, 0.4) is 0 Å². The number of ether oxygens (including phenoxy) is 2. The van der Waals surface area contributed by atoms with Crippen LogP contribution in [-0.2, 0) is 14.8 Å². The van der Waals surface area contributed by atoms with E-state index in [0.29, 0.717) is 24.7 Å². The molecular formula is C21H25N3O6S. The van der Waals surface area contributed by atoms with Crippen molar-refractivity contribution in [3.8, 4) is 11.5 Å². The molecule has 0 aromatic heterocycles. The van der Waals surface area contributed by atoms with E-state index in [0.717, 1.165) is 31.9 Å². The fourth-order valence-corrected chi connectivity index (χ4v) is 5.54. The number of hydrogen-bond acceptors (Lipinski definition) is 7. The van der Waals surface area contributed by atoms with Gasteiger partial charge in [-0.3, -0.25) is 9.10 Å². The first-order valence-electron chi connectivity index (χ1n) is 10.1. The fourth-order valence-electron chi connectivity index (χ4n) is 4.05. The van der Waals surface area contributed by atoms with Crippen LogP contribution < -0.4 is 14.8 Å². The largest absolute Gasteiger partial charge is 0.486 e. The molecule has 4 aliphatic rings. The molecule has 1 fully saturated rings. The lowest BCUT2D eigenvalue weighted by molar-refractivity contribution is -0.122. The van der Waals surface area contributed by atoms with E-state index in [2.05, 4.69) is 28.4 Å². The van der Waals surface area contributed by atoms with Gasteiger partial charge in [-0.25, -0.2) is 8.42 Å². The average Bonchev–Trinajstić information content (AvgIpc) is 3.24. The highest BCUT2D eigenvalue weighted by Crippen LogP contribution is 2.37. The molecule has 2 unspecified atom stereocenters. The monoisotopic (exact) mass is 447 g/mol. The lowest BCUT2D eigenvalue weighted by Crippen LogP contribution is -2.44. The lowest BCUT2D eigenvalue weighted by atomic mass is 9.95. The molecule has 31 heavy (non-hydrogen) atoms. The summed E-state index contributed by atoms with van der Waals surface area (Å²) in [5.41, 5.74) is 1.09. The van der Waals surface area contributed by atoms with Crippen molar-refractivity contribution >= 4 is 16.5 Å². The summed E-state index contributed by atoms with van der Waals surface area (Å²) in [5, 5.41) is 10.2. The SMILES string of the molecule is O=CO.O=S(=O)(c1ccc2c(c1)OCCO2)N1C=CC2C=CC(N3CCNCC3)=CC21. The van der Waals surface area contributed by atoms with Crippen LogP contribution in [0.2, 0.25) is 0 Å². The molecule has 0 spiro atoms. The molecule has 2 N–H and O–H groups in total. The number of piperazine rings is 1. The Hall–Kier alpha value is -2.98. The minimum atomic E-state index is -3.70. The van der Waals surface area contributed by atoms with Gasteiger partial charge in [-0.15, -0.1) is 0 Å². The molecule has 3 heterocycles. The number of carbonyl (C=O) groups is 1. The van der Waals surface area contributed by atoms with Crippen LogP contribution in [-0.4, -0.2) is 74.6 Å². The van der Waals surface area contributed by atoms with Crippen LogP contribution >= 0.6 is 0 Å². The first kappa shape index (κ1) is 21.3. The molecule has 1 aromatic carbocycles. The second-order valence-corrected chi connectivity index (χ2v) is 9.19. The third-order valence-electron chi connectivity index (χ3n) is 5.55. The third-order valence-corrected chi connectivity index (χ3v) is 7.32. The zero-order valence-corrected chi connectivity index (χ0v) is 17.7. The molecule has 3 aliphatic heterocycles. The van der Waals surface area contributed by atoms with E-state index in [9.17, 15) is 8.42 Å². The summed E-state index contributed by atoms with van der Waals surface area (Å²) in [4.78, 5) is 10.9. The number of fused-ring (bicyclic) bond motifs is 2. The van der Waals surface area contributed by atoms with Gasteiger partial charge >= 0.3 is 0 Å². The highest BCUT2D eigenvalue weighted by molar-refractivity contribution is 7.89. The zero-order valence-electron chi connectivity index (χ0n) is 16.9. The highest BCUT2D eigenvalue weighted by atomic mass is 32.2. The maximum atomic E-state index is 13.4. The molecule has 0 amide bonds. The van der Waals surface area contributed by atoms with Crippen LogP contribution in [0.15, 0.2) is 59.3 Å². The maximum Gasteiger partial charge on any atom is 0.290 e. The van der Waals surface area contributed by atoms with E-state index >= 15 is 0 Å².